The zero-order chi connectivity index (χ0) is 23.7. The number of fused-ring (bicyclic) bond motifs is 1. The van der Waals surface area contributed by atoms with Crippen LogP contribution in [0.25, 0.3) is 11.2 Å². The molecule has 10 nitrogen and oxygen atoms in total. The molecule has 0 amide bonds. The summed E-state index contributed by atoms with van der Waals surface area (Å²) in [5, 5.41) is 0.174. The van der Waals surface area contributed by atoms with Gasteiger partial charge in [0.05, 0.1) is 45.0 Å². The molecule has 0 spiro atoms. The summed E-state index contributed by atoms with van der Waals surface area (Å²) in [5.74, 6) is 0.0476. The Labute approximate surface area is 197 Å². The number of halogens is 1. The standard InChI is InChI=1S/C21H29ClN5O5P/c1-3-31-33(28,32-4-2)11-10-17(13-29-12-16-8-6-5-7-9-16)30-15-27-14-24-18-19(22)25-21(23)26-20(18)27/h5-9,14,17H,3-4,10-13,15H2,1-2H3,(H2,23,25,26). The van der Waals surface area contributed by atoms with Crippen LogP contribution in [0, 0.1) is 0 Å². The van der Waals surface area contributed by atoms with E-state index in [2.05, 4.69) is 15.0 Å². The highest BCUT2D eigenvalue weighted by Crippen LogP contribution is 2.48. The Hall–Kier alpha value is -2.07. The number of hydrogen-bond donors (Lipinski definition) is 1. The molecule has 180 valence electrons. The molecule has 2 N–H and O–H groups in total. The monoisotopic (exact) mass is 497 g/mol. The van der Waals surface area contributed by atoms with E-state index < -0.39 is 7.60 Å². The van der Waals surface area contributed by atoms with E-state index in [0.29, 0.717) is 37.4 Å². The Morgan fingerprint density at radius 1 is 1.15 bits per heavy atom. The molecule has 0 aliphatic carbocycles. The normalized spacial score (nSPS) is 12.9. The van der Waals surface area contributed by atoms with Gasteiger partial charge in [0.25, 0.3) is 0 Å². The second-order valence-electron chi connectivity index (χ2n) is 7.14. The maximum atomic E-state index is 12.9. The van der Waals surface area contributed by atoms with Crippen molar-refractivity contribution >= 4 is 36.3 Å². The Bertz CT molecular complexity index is 1060. The smallest absolute Gasteiger partial charge is 0.330 e. The van der Waals surface area contributed by atoms with E-state index in [0.717, 1.165) is 5.56 Å². The second-order valence-corrected chi connectivity index (χ2v) is 9.68. The van der Waals surface area contributed by atoms with Crippen molar-refractivity contribution in [3.63, 3.8) is 0 Å². The van der Waals surface area contributed by atoms with Crippen molar-refractivity contribution in [3.05, 3.63) is 47.4 Å². The first-order chi connectivity index (χ1) is 15.9. The minimum atomic E-state index is -3.21. The predicted molar refractivity (Wildman–Crippen MR) is 126 cm³/mol. The van der Waals surface area contributed by atoms with Gasteiger partial charge in [-0.05, 0) is 25.8 Å². The summed E-state index contributed by atoms with van der Waals surface area (Å²) in [6.07, 6.45) is 1.80. The zero-order valence-corrected chi connectivity index (χ0v) is 20.4. The number of nitrogens with zero attached hydrogens (tertiary/aromatic N) is 4. The first-order valence-electron chi connectivity index (χ1n) is 10.7. The SMILES string of the molecule is CCOP(=O)(CCC(COCc1ccccc1)OCn1cnc2c(Cl)nc(N)nc21)OCC. The van der Waals surface area contributed by atoms with Crippen molar-refractivity contribution in [2.75, 3.05) is 31.7 Å². The van der Waals surface area contributed by atoms with Crippen LogP contribution in [0.2, 0.25) is 5.15 Å². The molecule has 0 fully saturated rings. The van der Waals surface area contributed by atoms with Crippen LogP contribution in [0.5, 0.6) is 0 Å². The maximum Gasteiger partial charge on any atom is 0.330 e. The van der Waals surface area contributed by atoms with E-state index in [-0.39, 0.29) is 36.7 Å². The number of nitrogens with two attached hydrogens (primary N) is 1. The highest BCUT2D eigenvalue weighted by molar-refractivity contribution is 7.53. The topological polar surface area (TPSA) is 124 Å². The Morgan fingerprint density at radius 2 is 1.88 bits per heavy atom. The lowest BCUT2D eigenvalue weighted by Crippen LogP contribution is -2.23. The van der Waals surface area contributed by atoms with Gasteiger partial charge >= 0.3 is 7.60 Å². The van der Waals surface area contributed by atoms with Gasteiger partial charge in [0, 0.05) is 0 Å². The minimum Gasteiger partial charge on any atom is -0.374 e. The number of aromatic nitrogens is 4. The van der Waals surface area contributed by atoms with E-state index in [9.17, 15) is 4.57 Å². The van der Waals surface area contributed by atoms with Crippen molar-refractivity contribution in [1.29, 1.82) is 0 Å². The summed E-state index contributed by atoms with van der Waals surface area (Å²) in [4.78, 5) is 12.3. The molecule has 12 heteroatoms. The van der Waals surface area contributed by atoms with Gasteiger partial charge in [0.15, 0.2) is 10.8 Å². The molecule has 1 unspecified atom stereocenters. The molecule has 3 rings (SSSR count). The third kappa shape index (κ3) is 7.46. The van der Waals surface area contributed by atoms with Gasteiger partial charge < -0.3 is 24.3 Å². The summed E-state index contributed by atoms with van der Waals surface area (Å²) in [5.41, 5.74) is 7.66. The van der Waals surface area contributed by atoms with E-state index in [4.69, 9.17) is 35.9 Å². The van der Waals surface area contributed by atoms with Crippen LogP contribution in [0.3, 0.4) is 0 Å². The molecule has 1 aromatic carbocycles. The Kier molecular flexibility index (Phi) is 9.61. The van der Waals surface area contributed by atoms with Gasteiger partial charge in [-0.15, -0.1) is 0 Å². The van der Waals surface area contributed by atoms with E-state index >= 15 is 0 Å². The summed E-state index contributed by atoms with van der Waals surface area (Å²) >= 11 is 6.10. The molecule has 0 saturated heterocycles. The number of benzene rings is 1. The second kappa shape index (κ2) is 12.4. The van der Waals surface area contributed by atoms with Gasteiger partial charge in [0.1, 0.15) is 12.2 Å². The molecule has 0 aliphatic rings. The van der Waals surface area contributed by atoms with Crippen molar-refractivity contribution in [2.45, 2.75) is 39.7 Å². The van der Waals surface area contributed by atoms with Gasteiger partial charge in [-0.1, -0.05) is 41.9 Å². The van der Waals surface area contributed by atoms with Crippen molar-refractivity contribution < 1.29 is 23.1 Å². The fourth-order valence-corrected chi connectivity index (χ4v) is 5.11. The number of imidazole rings is 1. The van der Waals surface area contributed by atoms with E-state index in [1.807, 2.05) is 30.3 Å². The summed E-state index contributed by atoms with van der Waals surface area (Å²) in [6, 6.07) is 9.83. The molecular weight excluding hydrogens is 469 g/mol. The molecule has 0 saturated carbocycles. The number of anilines is 1. The summed E-state index contributed by atoms with van der Waals surface area (Å²) in [6.45, 7) is 5.01. The fourth-order valence-electron chi connectivity index (χ4n) is 3.16. The maximum absolute atomic E-state index is 12.9. The van der Waals surface area contributed by atoms with Crippen molar-refractivity contribution in [2.24, 2.45) is 0 Å². The highest BCUT2D eigenvalue weighted by atomic mass is 35.5. The molecule has 33 heavy (non-hydrogen) atoms. The molecule has 1 atom stereocenters. The van der Waals surface area contributed by atoms with Gasteiger partial charge in [-0.2, -0.15) is 9.97 Å². The van der Waals surface area contributed by atoms with Gasteiger partial charge in [-0.3, -0.25) is 9.13 Å². The largest absolute Gasteiger partial charge is 0.374 e. The van der Waals surface area contributed by atoms with E-state index in [1.54, 1.807) is 24.7 Å². The molecule has 0 bridgehead atoms. The van der Waals surface area contributed by atoms with E-state index in [1.165, 1.54) is 0 Å². The lowest BCUT2D eigenvalue weighted by Gasteiger charge is -2.22. The Morgan fingerprint density at radius 3 is 2.58 bits per heavy atom. The van der Waals surface area contributed by atoms with Crippen LogP contribution in [-0.4, -0.2) is 51.6 Å². The molecule has 3 aromatic rings. The fraction of sp³-hybridized carbons (Fsp3) is 0.476. The van der Waals surface area contributed by atoms with Gasteiger partial charge in [-0.25, -0.2) is 4.98 Å². The average Bonchev–Trinajstić information content (AvgIpc) is 3.19. The van der Waals surface area contributed by atoms with Crippen LogP contribution in [0.15, 0.2) is 36.7 Å². The third-order valence-corrected chi connectivity index (χ3v) is 7.05. The van der Waals surface area contributed by atoms with Crippen molar-refractivity contribution in [3.8, 4) is 0 Å². The van der Waals surface area contributed by atoms with Crippen LogP contribution in [0.1, 0.15) is 25.8 Å². The lowest BCUT2D eigenvalue weighted by molar-refractivity contribution is -0.0492. The number of ether oxygens (including phenoxy) is 2. The van der Waals surface area contributed by atoms with Crippen molar-refractivity contribution in [1.82, 2.24) is 19.5 Å². The lowest BCUT2D eigenvalue weighted by atomic mass is 10.2. The quantitative estimate of drug-likeness (QED) is 0.256. The third-order valence-electron chi connectivity index (χ3n) is 4.68. The summed E-state index contributed by atoms with van der Waals surface area (Å²) < 4.78 is 37.3. The molecular formula is C21H29ClN5O5P. The van der Waals surface area contributed by atoms with Crippen LogP contribution >= 0.6 is 19.2 Å². The molecule has 2 aromatic heterocycles. The average molecular weight is 498 g/mol. The molecule has 0 aliphatic heterocycles. The van der Waals surface area contributed by atoms with Crippen LogP contribution in [0.4, 0.5) is 5.95 Å². The summed E-state index contributed by atoms with van der Waals surface area (Å²) in [7, 11) is -3.21. The number of nitrogen functional groups attached to an aromatic ring is 1. The Balaban J connectivity index is 1.67. The molecule has 2 heterocycles. The highest BCUT2D eigenvalue weighted by Gasteiger charge is 2.26. The molecule has 0 radical (unpaired) electrons. The first kappa shape index (κ1) is 25.6. The number of hydrogen-bond acceptors (Lipinski definition) is 9. The number of rotatable bonds is 14. The first-order valence-corrected chi connectivity index (χ1v) is 12.8. The van der Waals surface area contributed by atoms with Crippen LogP contribution in [-0.2, 0) is 36.4 Å². The van der Waals surface area contributed by atoms with Gasteiger partial charge in [0.2, 0.25) is 5.95 Å². The minimum absolute atomic E-state index is 0.0476. The zero-order valence-electron chi connectivity index (χ0n) is 18.7. The predicted octanol–water partition coefficient (Wildman–Crippen LogP) is 4.28. The van der Waals surface area contributed by atoms with Crippen LogP contribution < -0.4 is 5.73 Å².